The Morgan fingerprint density at radius 2 is 2.00 bits per heavy atom. The van der Waals surface area contributed by atoms with E-state index in [9.17, 15) is 13.6 Å². The number of nitrogens with two attached hydrogens (primary N) is 1. The molecule has 4 nitrogen and oxygen atoms in total. The van der Waals surface area contributed by atoms with Crippen molar-refractivity contribution in [3.8, 4) is 0 Å². The number of carbonyl (C=O) groups excluding carboxylic acids is 1. The van der Waals surface area contributed by atoms with Crippen LogP contribution in [0.1, 0.15) is 10.4 Å². The monoisotopic (exact) mass is 361 g/mol. The first-order valence-electron chi connectivity index (χ1n) is 5.25. The van der Waals surface area contributed by atoms with E-state index in [1.807, 2.05) is 0 Å². The van der Waals surface area contributed by atoms with Gasteiger partial charge in [0.05, 0.1) is 20.7 Å². The van der Waals surface area contributed by atoms with Gasteiger partial charge in [-0.2, -0.15) is 0 Å². The Hall–Kier alpha value is -1.73. The Kier molecular flexibility index (Phi) is 4.20. The van der Waals surface area contributed by atoms with Crippen LogP contribution in [0.15, 0.2) is 28.9 Å². The van der Waals surface area contributed by atoms with Crippen molar-refractivity contribution in [2.24, 2.45) is 0 Å². The molecule has 1 aromatic heterocycles. The topological polar surface area (TPSA) is 68.0 Å². The minimum atomic E-state index is -0.787. The molecule has 1 aromatic carbocycles. The first-order valence-corrected chi connectivity index (χ1v) is 6.42. The highest BCUT2D eigenvalue weighted by molar-refractivity contribution is 9.10. The number of benzene rings is 1. The zero-order valence-corrected chi connectivity index (χ0v) is 12.1. The summed E-state index contributed by atoms with van der Waals surface area (Å²) in [6, 6.07) is 3.01. The van der Waals surface area contributed by atoms with Gasteiger partial charge in [0.25, 0.3) is 5.91 Å². The van der Waals surface area contributed by atoms with E-state index in [1.165, 1.54) is 12.3 Å². The van der Waals surface area contributed by atoms with Gasteiger partial charge in [0, 0.05) is 12.3 Å². The quantitative estimate of drug-likeness (QED) is 0.802. The van der Waals surface area contributed by atoms with Gasteiger partial charge in [-0.15, -0.1) is 0 Å². The zero-order chi connectivity index (χ0) is 14.9. The number of rotatable bonds is 2. The molecule has 3 N–H and O–H groups in total. The lowest BCUT2D eigenvalue weighted by Gasteiger charge is -2.09. The number of hydrogen-bond acceptors (Lipinski definition) is 3. The smallest absolute Gasteiger partial charge is 0.257 e. The average molecular weight is 363 g/mol. The number of amides is 1. The number of carbonyl (C=O) groups is 1. The van der Waals surface area contributed by atoms with Gasteiger partial charge in [0.15, 0.2) is 0 Å². The van der Waals surface area contributed by atoms with Crippen LogP contribution in [0.5, 0.6) is 0 Å². The Labute approximate surface area is 126 Å². The van der Waals surface area contributed by atoms with Crippen LogP contribution in [0.2, 0.25) is 5.02 Å². The maximum atomic E-state index is 13.6. The molecule has 0 atom stereocenters. The van der Waals surface area contributed by atoms with Gasteiger partial charge in [0.1, 0.15) is 17.5 Å². The maximum absolute atomic E-state index is 13.6. The molecule has 2 rings (SSSR count). The number of halogens is 4. The molecule has 104 valence electrons. The first-order chi connectivity index (χ1) is 9.38. The first kappa shape index (κ1) is 14.7. The van der Waals surface area contributed by atoms with E-state index in [0.29, 0.717) is 0 Å². The summed E-state index contributed by atoms with van der Waals surface area (Å²) in [5, 5.41) is 2.27. The highest BCUT2D eigenvalue weighted by Gasteiger charge is 2.15. The molecule has 0 unspecified atom stereocenters. The standard InChI is InChI=1S/C12H7BrClF2N3O/c13-6-2-9(16)10(3-8(6)15)19-12(20)5-1-11(17)18-4-7(5)14/h1-4H,(H2,17,18)(H,19,20). The number of nitrogens with one attached hydrogen (secondary N) is 1. The van der Waals surface area contributed by atoms with E-state index >= 15 is 0 Å². The lowest BCUT2D eigenvalue weighted by molar-refractivity contribution is 0.102. The second-order valence-electron chi connectivity index (χ2n) is 3.79. The van der Waals surface area contributed by atoms with Crippen molar-refractivity contribution in [1.29, 1.82) is 0 Å². The SMILES string of the molecule is Nc1cc(C(=O)Nc2cc(F)c(Br)cc2F)c(Cl)cn1. The van der Waals surface area contributed by atoms with E-state index in [-0.39, 0.29) is 26.6 Å². The number of nitrogens with zero attached hydrogens (tertiary/aromatic N) is 1. The molecule has 0 aliphatic carbocycles. The third-order valence-electron chi connectivity index (χ3n) is 2.38. The van der Waals surface area contributed by atoms with Crippen molar-refractivity contribution >= 4 is 44.9 Å². The van der Waals surface area contributed by atoms with E-state index < -0.39 is 17.5 Å². The molecule has 0 aliphatic rings. The van der Waals surface area contributed by atoms with Gasteiger partial charge in [-0.25, -0.2) is 13.8 Å². The zero-order valence-electron chi connectivity index (χ0n) is 9.75. The van der Waals surface area contributed by atoms with Gasteiger partial charge in [0.2, 0.25) is 0 Å². The third kappa shape index (κ3) is 3.05. The van der Waals surface area contributed by atoms with Crippen LogP contribution in [0.25, 0.3) is 0 Å². The van der Waals surface area contributed by atoms with Crippen molar-refractivity contribution in [3.05, 3.63) is 51.1 Å². The molecule has 1 amide bonds. The summed E-state index contributed by atoms with van der Waals surface area (Å²) < 4.78 is 26.9. The second kappa shape index (κ2) is 5.72. The molecule has 0 saturated carbocycles. The predicted molar refractivity (Wildman–Crippen MR) is 75.7 cm³/mol. The normalized spacial score (nSPS) is 10.4. The van der Waals surface area contributed by atoms with Gasteiger partial charge in [-0.1, -0.05) is 11.6 Å². The van der Waals surface area contributed by atoms with Crippen molar-refractivity contribution in [3.63, 3.8) is 0 Å². The summed E-state index contributed by atoms with van der Waals surface area (Å²) in [4.78, 5) is 15.7. The Balaban J connectivity index is 2.32. The Morgan fingerprint density at radius 3 is 2.70 bits per heavy atom. The van der Waals surface area contributed by atoms with Gasteiger partial charge in [-0.05, 0) is 28.1 Å². The summed E-state index contributed by atoms with van der Waals surface area (Å²) >= 11 is 8.64. The second-order valence-corrected chi connectivity index (χ2v) is 5.05. The molecule has 0 saturated heterocycles. The molecule has 0 fully saturated rings. The highest BCUT2D eigenvalue weighted by atomic mass is 79.9. The van der Waals surface area contributed by atoms with Gasteiger partial charge >= 0.3 is 0 Å². The number of nitrogen functional groups attached to an aromatic ring is 1. The van der Waals surface area contributed by atoms with Crippen LogP contribution < -0.4 is 11.1 Å². The van der Waals surface area contributed by atoms with Crippen molar-refractivity contribution < 1.29 is 13.6 Å². The van der Waals surface area contributed by atoms with Crippen molar-refractivity contribution in [1.82, 2.24) is 4.98 Å². The number of aromatic nitrogens is 1. The predicted octanol–water partition coefficient (Wildman–Crippen LogP) is 3.61. The lowest BCUT2D eigenvalue weighted by Crippen LogP contribution is -2.14. The summed E-state index contributed by atoms with van der Waals surface area (Å²) in [5.41, 5.74) is 5.15. The lowest BCUT2D eigenvalue weighted by atomic mass is 10.2. The van der Waals surface area contributed by atoms with Crippen LogP contribution >= 0.6 is 27.5 Å². The largest absolute Gasteiger partial charge is 0.384 e. The summed E-state index contributed by atoms with van der Waals surface area (Å²) in [6.45, 7) is 0. The molecule has 2 aromatic rings. The van der Waals surface area contributed by atoms with E-state index in [1.54, 1.807) is 0 Å². The summed E-state index contributed by atoms with van der Waals surface area (Å²) in [7, 11) is 0. The number of hydrogen-bond donors (Lipinski definition) is 2. The molecule has 0 radical (unpaired) electrons. The molecule has 8 heteroatoms. The van der Waals surface area contributed by atoms with Crippen LogP contribution in [0.3, 0.4) is 0 Å². The fraction of sp³-hybridized carbons (Fsp3) is 0. The van der Waals surface area contributed by atoms with Gasteiger partial charge in [-0.3, -0.25) is 4.79 Å². The molecule has 20 heavy (non-hydrogen) atoms. The highest BCUT2D eigenvalue weighted by Crippen LogP contribution is 2.25. The average Bonchev–Trinajstić information content (AvgIpc) is 2.38. The molecule has 0 aliphatic heterocycles. The molecule has 0 bridgehead atoms. The Morgan fingerprint density at radius 1 is 1.30 bits per heavy atom. The summed E-state index contributed by atoms with van der Waals surface area (Å²) in [5.74, 6) is -2.13. The molecular formula is C12H7BrClF2N3O. The van der Waals surface area contributed by atoms with Crippen LogP contribution in [0, 0.1) is 11.6 Å². The number of anilines is 2. The fourth-order valence-corrected chi connectivity index (χ4v) is 1.94. The van der Waals surface area contributed by atoms with Crippen molar-refractivity contribution in [2.75, 3.05) is 11.1 Å². The van der Waals surface area contributed by atoms with Crippen molar-refractivity contribution in [2.45, 2.75) is 0 Å². The fourth-order valence-electron chi connectivity index (χ4n) is 1.44. The van der Waals surface area contributed by atoms with Crippen LogP contribution in [-0.4, -0.2) is 10.9 Å². The van der Waals surface area contributed by atoms with E-state index in [2.05, 4.69) is 26.2 Å². The summed E-state index contributed by atoms with van der Waals surface area (Å²) in [6.07, 6.45) is 1.20. The third-order valence-corrected chi connectivity index (χ3v) is 3.29. The van der Waals surface area contributed by atoms with Crippen LogP contribution in [0.4, 0.5) is 20.3 Å². The number of pyridine rings is 1. The van der Waals surface area contributed by atoms with Crippen LogP contribution in [-0.2, 0) is 0 Å². The van der Waals surface area contributed by atoms with Gasteiger partial charge < -0.3 is 11.1 Å². The van der Waals surface area contributed by atoms with E-state index in [0.717, 1.165) is 12.1 Å². The van der Waals surface area contributed by atoms with E-state index in [4.69, 9.17) is 17.3 Å². The molecule has 0 spiro atoms. The Bertz CT molecular complexity index is 697. The minimum Gasteiger partial charge on any atom is -0.384 e. The minimum absolute atomic E-state index is 0.0156. The molecule has 1 heterocycles. The maximum Gasteiger partial charge on any atom is 0.257 e. The molecular weight excluding hydrogens is 356 g/mol.